The fourth-order valence-corrected chi connectivity index (χ4v) is 3.11. The van der Waals surface area contributed by atoms with E-state index in [1.807, 2.05) is 35.2 Å². The lowest BCUT2D eigenvalue weighted by atomic mass is 10.1. The highest BCUT2D eigenvalue weighted by atomic mass is 16.2. The van der Waals surface area contributed by atoms with Gasteiger partial charge < -0.3 is 4.90 Å². The van der Waals surface area contributed by atoms with Crippen LogP contribution in [0.1, 0.15) is 23.0 Å². The van der Waals surface area contributed by atoms with Crippen molar-refractivity contribution in [2.45, 2.75) is 19.4 Å². The lowest BCUT2D eigenvalue weighted by Gasteiger charge is -2.21. The first kappa shape index (κ1) is 13.7. The van der Waals surface area contributed by atoms with Crippen molar-refractivity contribution in [3.8, 4) is 11.3 Å². The van der Waals surface area contributed by atoms with Gasteiger partial charge in [-0.25, -0.2) is 0 Å². The SMILES string of the molecule is CC1Cc2ccccc2N1C(=O)c1cc(-c2ccncc2)n[nH]1. The summed E-state index contributed by atoms with van der Waals surface area (Å²) in [7, 11) is 0. The lowest BCUT2D eigenvalue weighted by Crippen LogP contribution is -2.35. The third-order valence-electron chi connectivity index (χ3n) is 4.21. The van der Waals surface area contributed by atoms with Crippen LogP contribution in [-0.4, -0.2) is 27.1 Å². The maximum atomic E-state index is 12.9. The van der Waals surface area contributed by atoms with Crippen molar-refractivity contribution >= 4 is 11.6 Å². The van der Waals surface area contributed by atoms with Crippen LogP contribution in [0.25, 0.3) is 11.3 Å². The minimum Gasteiger partial charge on any atom is -0.304 e. The first-order valence-corrected chi connectivity index (χ1v) is 7.61. The Kier molecular flexibility index (Phi) is 3.19. The van der Waals surface area contributed by atoms with Gasteiger partial charge in [0.05, 0.1) is 5.69 Å². The first-order chi connectivity index (χ1) is 11.2. The maximum absolute atomic E-state index is 12.9. The van der Waals surface area contributed by atoms with Crippen molar-refractivity contribution in [3.05, 3.63) is 66.1 Å². The van der Waals surface area contributed by atoms with E-state index in [4.69, 9.17) is 0 Å². The first-order valence-electron chi connectivity index (χ1n) is 7.61. The van der Waals surface area contributed by atoms with E-state index in [0.29, 0.717) is 5.69 Å². The fourth-order valence-electron chi connectivity index (χ4n) is 3.11. The van der Waals surface area contributed by atoms with Gasteiger partial charge in [0.2, 0.25) is 0 Å². The molecule has 1 atom stereocenters. The van der Waals surface area contributed by atoms with E-state index in [1.165, 1.54) is 5.56 Å². The van der Waals surface area contributed by atoms with Crippen LogP contribution >= 0.6 is 0 Å². The third-order valence-corrected chi connectivity index (χ3v) is 4.21. The topological polar surface area (TPSA) is 61.9 Å². The van der Waals surface area contributed by atoms with Crippen LogP contribution in [-0.2, 0) is 6.42 Å². The van der Waals surface area contributed by atoms with E-state index >= 15 is 0 Å². The summed E-state index contributed by atoms with van der Waals surface area (Å²) in [6.45, 7) is 2.07. The summed E-state index contributed by atoms with van der Waals surface area (Å²) in [5.74, 6) is -0.0461. The van der Waals surface area contributed by atoms with Gasteiger partial charge in [-0.15, -0.1) is 0 Å². The normalized spacial score (nSPS) is 16.4. The number of aromatic amines is 1. The van der Waals surface area contributed by atoms with Crippen molar-refractivity contribution < 1.29 is 4.79 Å². The molecule has 2 aromatic heterocycles. The number of amides is 1. The Morgan fingerprint density at radius 3 is 2.83 bits per heavy atom. The van der Waals surface area contributed by atoms with E-state index in [0.717, 1.165) is 23.4 Å². The van der Waals surface area contributed by atoms with E-state index in [-0.39, 0.29) is 11.9 Å². The number of hydrogen-bond donors (Lipinski definition) is 1. The van der Waals surface area contributed by atoms with E-state index in [9.17, 15) is 4.79 Å². The van der Waals surface area contributed by atoms with Gasteiger partial charge >= 0.3 is 0 Å². The van der Waals surface area contributed by atoms with Crippen molar-refractivity contribution in [2.75, 3.05) is 4.90 Å². The summed E-state index contributed by atoms with van der Waals surface area (Å²) in [5.41, 5.74) is 4.38. The standard InChI is InChI=1S/C18H16N4O/c1-12-10-14-4-2-3-5-17(14)22(12)18(23)16-11-15(20-21-16)13-6-8-19-9-7-13/h2-9,11-12H,10H2,1H3,(H,20,21). The summed E-state index contributed by atoms with van der Waals surface area (Å²) in [5, 5.41) is 7.13. The van der Waals surface area contributed by atoms with Crippen LogP contribution in [0.2, 0.25) is 0 Å². The number of pyridine rings is 1. The minimum absolute atomic E-state index is 0.0461. The molecule has 1 amide bonds. The molecular formula is C18H16N4O. The third kappa shape index (κ3) is 2.30. The number of nitrogens with zero attached hydrogens (tertiary/aromatic N) is 3. The number of hydrogen-bond acceptors (Lipinski definition) is 3. The van der Waals surface area contributed by atoms with Gasteiger partial charge in [-0.05, 0) is 43.2 Å². The zero-order valence-electron chi connectivity index (χ0n) is 12.7. The predicted molar refractivity (Wildman–Crippen MR) is 88.2 cm³/mol. The van der Waals surface area contributed by atoms with Crippen LogP contribution in [0.3, 0.4) is 0 Å². The molecule has 0 saturated heterocycles. The summed E-state index contributed by atoms with van der Waals surface area (Å²) >= 11 is 0. The van der Waals surface area contributed by atoms with Crippen LogP contribution in [0.15, 0.2) is 54.9 Å². The molecule has 3 heterocycles. The molecule has 0 saturated carbocycles. The zero-order chi connectivity index (χ0) is 15.8. The number of nitrogens with one attached hydrogen (secondary N) is 1. The molecule has 4 rings (SSSR count). The molecule has 0 spiro atoms. The van der Waals surface area contributed by atoms with Gasteiger partial charge in [-0.1, -0.05) is 18.2 Å². The Morgan fingerprint density at radius 1 is 1.22 bits per heavy atom. The number of anilines is 1. The quantitative estimate of drug-likeness (QED) is 0.791. The van der Waals surface area contributed by atoms with Gasteiger partial charge in [0.1, 0.15) is 5.69 Å². The molecule has 114 valence electrons. The highest BCUT2D eigenvalue weighted by molar-refractivity contribution is 6.07. The second-order valence-corrected chi connectivity index (χ2v) is 5.76. The number of fused-ring (bicyclic) bond motifs is 1. The molecule has 1 aliphatic rings. The number of rotatable bonds is 2. The smallest absolute Gasteiger partial charge is 0.276 e. The molecule has 1 unspecified atom stereocenters. The molecule has 5 nitrogen and oxygen atoms in total. The Bertz CT molecular complexity index is 856. The fraction of sp³-hybridized carbons (Fsp3) is 0.167. The molecule has 0 fully saturated rings. The number of aromatic nitrogens is 3. The van der Waals surface area contributed by atoms with Crippen molar-refractivity contribution in [1.29, 1.82) is 0 Å². The lowest BCUT2D eigenvalue weighted by molar-refractivity contribution is 0.0976. The second-order valence-electron chi connectivity index (χ2n) is 5.76. The van der Waals surface area contributed by atoms with Gasteiger partial charge in [0.25, 0.3) is 5.91 Å². The van der Waals surface area contributed by atoms with E-state index in [1.54, 1.807) is 18.5 Å². The van der Waals surface area contributed by atoms with Gasteiger partial charge in [-0.3, -0.25) is 14.9 Å². The monoisotopic (exact) mass is 304 g/mol. The zero-order valence-corrected chi connectivity index (χ0v) is 12.7. The maximum Gasteiger partial charge on any atom is 0.276 e. The van der Waals surface area contributed by atoms with Gasteiger partial charge in [-0.2, -0.15) is 5.10 Å². The molecule has 3 aromatic rings. The average Bonchev–Trinajstić information content (AvgIpc) is 3.19. The van der Waals surface area contributed by atoms with Crippen LogP contribution < -0.4 is 4.90 Å². The van der Waals surface area contributed by atoms with Gasteiger partial charge in [0, 0.05) is 29.7 Å². The van der Waals surface area contributed by atoms with Crippen molar-refractivity contribution in [2.24, 2.45) is 0 Å². The minimum atomic E-state index is -0.0461. The van der Waals surface area contributed by atoms with Crippen LogP contribution in [0, 0.1) is 0 Å². The molecule has 5 heteroatoms. The Morgan fingerprint density at radius 2 is 2.00 bits per heavy atom. The van der Waals surface area contributed by atoms with Crippen molar-refractivity contribution in [1.82, 2.24) is 15.2 Å². The summed E-state index contributed by atoms with van der Waals surface area (Å²) in [4.78, 5) is 18.8. The largest absolute Gasteiger partial charge is 0.304 e. The molecular weight excluding hydrogens is 288 g/mol. The number of carbonyl (C=O) groups is 1. The van der Waals surface area contributed by atoms with E-state index in [2.05, 4.69) is 28.2 Å². The van der Waals surface area contributed by atoms with E-state index < -0.39 is 0 Å². The highest BCUT2D eigenvalue weighted by Crippen LogP contribution is 2.33. The molecule has 1 N–H and O–H groups in total. The Balaban J connectivity index is 1.67. The number of H-pyrrole nitrogens is 1. The van der Waals surface area contributed by atoms with Crippen molar-refractivity contribution in [3.63, 3.8) is 0 Å². The number of benzene rings is 1. The summed E-state index contributed by atoms with van der Waals surface area (Å²) < 4.78 is 0. The molecule has 0 bridgehead atoms. The average molecular weight is 304 g/mol. The number of carbonyl (C=O) groups excluding carboxylic acids is 1. The second kappa shape index (κ2) is 5.35. The Labute approximate surface area is 134 Å². The molecule has 0 radical (unpaired) electrons. The predicted octanol–water partition coefficient (Wildman–Crippen LogP) is 3.06. The molecule has 0 aliphatic carbocycles. The van der Waals surface area contributed by atoms with Gasteiger partial charge in [0.15, 0.2) is 0 Å². The van der Waals surface area contributed by atoms with Crippen LogP contribution in [0.5, 0.6) is 0 Å². The van der Waals surface area contributed by atoms with Crippen LogP contribution in [0.4, 0.5) is 5.69 Å². The highest BCUT2D eigenvalue weighted by Gasteiger charge is 2.32. The number of para-hydroxylation sites is 1. The molecule has 23 heavy (non-hydrogen) atoms. The Hall–Kier alpha value is -2.95. The summed E-state index contributed by atoms with van der Waals surface area (Å²) in [6, 6.07) is 13.7. The molecule has 1 aromatic carbocycles. The summed E-state index contributed by atoms with van der Waals surface area (Å²) in [6.07, 6.45) is 4.31. The molecule has 1 aliphatic heterocycles.